The number of fused-ring (bicyclic) bond motifs is 5. The summed E-state index contributed by atoms with van der Waals surface area (Å²) < 4.78 is 1.02. The molecule has 0 saturated heterocycles. The van der Waals surface area contributed by atoms with E-state index >= 15 is 0 Å². The molecule has 2 aromatic rings. The lowest BCUT2D eigenvalue weighted by molar-refractivity contribution is -0.102. The fraction of sp³-hybridized carbons (Fsp3) is 0.464. The van der Waals surface area contributed by atoms with Crippen LogP contribution in [0.15, 0.2) is 47.1 Å². The van der Waals surface area contributed by atoms with Crippen LogP contribution in [0.1, 0.15) is 61.8 Å². The van der Waals surface area contributed by atoms with Gasteiger partial charge in [0.25, 0.3) is 0 Å². The van der Waals surface area contributed by atoms with Crippen molar-refractivity contribution in [3.05, 3.63) is 63.9 Å². The molecule has 1 aromatic carbocycles. The highest BCUT2D eigenvalue weighted by atomic mass is 79.9. The first-order valence-corrected chi connectivity index (χ1v) is 11.9. The number of rotatable bonds is 2. The number of nitrogens with zero attached hydrogens (tertiary/aromatic N) is 1. The molecule has 2 unspecified atom stereocenters. The van der Waals surface area contributed by atoms with Crippen LogP contribution in [-0.4, -0.2) is 15.7 Å². The minimum Gasteiger partial charge on any atom is -0.389 e. The average molecular weight is 478 g/mol. The molecule has 3 aliphatic carbocycles. The fourth-order valence-electron chi connectivity index (χ4n) is 6.75. The van der Waals surface area contributed by atoms with Crippen LogP contribution in [0.5, 0.6) is 0 Å². The summed E-state index contributed by atoms with van der Waals surface area (Å²) in [5.41, 5.74) is 3.51. The van der Waals surface area contributed by atoms with Gasteiger partial charge in [0.15, 0.2) is 0 Å². The first-order valence-electron chi connectivity index (χ1n) is 11.1. The number of aliphatic hydroxyl groups is 1. The van der Waals surface area contributed by atoms with Gasteiger partial charge >= 0.3 is 0 Å². The quantitative estimate of drug-likeness (QED) is 0.524. The maximum absolute atomic E-state index is 11.8. The molecule has 31 heavy (non-hydrogen) atoms. The molecule has 0 bridgehead atoms. The summed E-state index contributed by atoms with van der Waals surface area (Å²) in [6, 6.07) is 13.1. The number of halogens is 1. The Hall–Kier alpha value is -2.07. The normalized spacial score (nSPS) is 32.7. The fourth-order valence-corrected chi connectivity index (χ4v) is 7.14. The van der Waals surface area contributed by atoms with Gasteiger partial charge in [0.2, 0.25) is 0 Å². The minimum absolute atomic E-state index is 0.00257. The maximum Gasteiger partial charge on any atom is 0.0759 e. The SMILES string of the molecule is C#C.C#C.C[C@]12CCC3c4ccccc4CC[C@H]3C1CC[C@@]2(O)Cc1ncccc1Br. The van der Waals surface area contributed by atoms with Crippen molar-refractivity contribution in [3.8, 4) is 25.7 Å². The van der Waals surface area contributed by atoms with Crippen LogP contribution in [-0.2, 0) is 12.8 Å². The Bertz CT molecular complexity index is 944. The molecule has 3 aliphatic rings. The zero-order valence-corrected chi connectivity index (χ0v) is 19.9. The Morgan fingerprint density at radius 2 is 1.77 bits per heavy atom. The van der Waals surface area contributed by atoms with Gasteiger partial charge in [-0.2, -0.15) is 0 Å². The minimum atomic E-state index is -0.642. The average Bonchev–Trinajstić information content (AvgIpc) is 3.08. The van der Waals surface area contributed by atoms with E-state index in [2.05, 4.69) is 77.8 Å². The van der Waals surface area contributed by atoms with Crippen LogP contribution >= 0.6 is 15.9 Å². The molecule has 0 aliphatic heterocycles. The number of terminal acetylenes is 2. The number of hydrogen-bond acceptors (Lipinski definition) is 2. The van der Waals surface area contributed by atoms with E-state index in [9.17, 15) is 5.11 Å². The molecule has 0 amide bonds. The summed E-state index contributed by atoms with van der Waals surface area (Å²) in [5, 5.41) is 11.8. The smallest absolute Gasteiger partial charge is 0.0759 e. The molecule has 1 heterocycles. The van der Waals surface area contributed by atoms with Crippen molar-refractivity contribution in [2.45, 2.75) is 63.4 Å². The Labute approximate surface area is 196 Å². The lowest BCUT2D eigenvalue weighted by Crippen LogP contribution is -2.52. The molecule has 3 heteroatoms. The predicted molar refractivity (Wildman–Crippen MR) is 131 cm³/mol. The Morgan fingerprint density at radius 1 is 1.03 bits per heavy atom. The van der Waals surface area contributed by atoms with Gasteiger partial charge in [0.1, 0.15) is 0 Å². The van der Waals surface area contributed by atoms with Gasteiger partial charge in [-0.05, 0) is 101 Å². The third kappa shape index (κ3) is 3.95. The molecule has 0 spiro atoms. The van der Waals surface area contributed by atoms with Crippen molar-refractivity contribution in [1.29, 1.82) is 0 Å². The monoisotopic (exact) mass is 477 g/mol. The third-order valence-electron chi connectivity index (χ3n) is 8.25. The lowest BCUT2D eigenvalue weighted by atomic mass is 9.53. The highest BCUT2D eigenvalue weighted by molar-refractivity contribution is 9.10. The van der Waals surface area contributed by atoms with Crippen molar-refractivity contribution in [2.24, 2.45) is 17.3 Å². The lowest BCUT2D eigenvalue weighted by Gasteiger charge is -2.53. The van der Waals surface area contributed by atoms with Gasteiger partial charge in [0, 0.05) is 17.1 Å². The predicted octanol–water partition coefficient (Wildman–Crippen LogP) is 6.17. The van der Waals surface area contributed by atoms with Gasteiger partial charge in [0.05, 0.1) is 11.3 Å². The van der Waals surface area contributed by atoms with Crippen molar-refractivity contribution in [2.75, 3.05) is 0 Å². The summed E-state index contributed by atoms with van der Waals surface area (Å²) in [7, 11) is 0. The second-order valence-electron chi connectivity index (χ2n) is 9.25. The second kappa shape index (κ2) is 9.60. The standard InChI is InChI=1S/C24H28BrNO.2C2H2/c1-23-12-10-18-17-6-3-2-5-16(17)8-9-19(18)20(23)11-13-24(23,27)15-22-21(25)7-4-14-26-22;2*1-2/h2-7,14,18-20,27H,8-13,15H2,1H3;2*1-2H/t18?,19-,20?,23+,24-;;/m1../s1. The van der Waals surface area contributed by atoms with E-state index in [4.69, 9.17) is 0 Å². The molecule has 1 N–H and O–H groups in total. The van der Waals surface area contributed by atoms with Gasteiger partial charge in [-0.15, -0.1) is 25.7 Å². The highest BCUT2D eigenvalue weighted by Crippen LogP contribution is 2.64. The Balaban J connectivity index is 0.000000645. The van der Waals surface area contributed by atoms with Gasteiger partial charge in [-0.3, -0.25) is 4.98 Å². The van der Waals surface area contributed by atoms with Crippen LogP contribution in [0.2, 0.25) is 0 Å². The first-order chi connectivity index (χ1) is 15.0. The molecule has 5 rings (SSSR count). The number of aromatic nitrogens is 1. The third-order valence-corrected chi connectivity index (χ3v) is 8.98. The summed E-state index contributed by atoms with van der Waals surface area (Å²) in [4.78, 5) is 4.56. The van der Waals surface area contributed by atoms with Crippen LogP contribution < -0.4 is 0 Å². The molecule has 1 aromatic heterocycles. The Kier molecular flexibility index (Phi) is 7.31. The maximum atomic E-state index is 11.8. The van der Waals surface area contributed by atoms with Crippen molar-refractivity contribution >= 4 is 15.9 Å². The molecule has 0 radical (unpaired) electrons. The van der Waals surface area contributed by atoms with Crippen LogP contribution in [0.3, 0.4) is 0 Å². The zero-order chi connectivity index (χ0) is 22.6. The number of pyridine rings is 1. The summed E-state index contributed by atoms with van der Waals surface area (Å²) in [6.07, 6.45) is 25.4. The largest absolute Gasteiger partial charge is 0.389 e. The number of aryl methyl sites for hydroxylation is 1. The first kappa shape index (κ1) is 23.6. The second-order valence-corrected chi connectivity index (χ2v) is 10.1. The molecule has 2 fully saturated rings. The number of benzene rings is 1. The topological polar surface area (TPSA) is 33.1 Å². The number of hydrogen-bond donors (Lipinski definition) is 1. The van der Waals surface area contributed by atoms with E-state index in [1.54, 1.807) is 11.1 Å². The molecule has 2 saturated carbocycles. The van der Waals surface area contributed by atoms with Crippen molar-refractivity contribution in [3.63, 3.8) is 0 Å². The molecule has 2 nitrogen and oxygen atoms in total. The van der Waals surface area contributed by atoms with E-state index in [1.165, 1.54) is 19.3 Å². The van der Waals surface area contributed by atoms with E-state index in [1.807, 2.05) is 18.3 Å². The van der Waals surface area contributed by atoms with Crippen molar-refractivity contribution < 1.29 is 5.11 Å². The zero-order valence-electron chi connectivity index (χ0n) is 18.3. The van der Waals surface area contributed by atoms with Crippen LogP contribution in [0.4, 0.5) is 0 Å². The van der Waals surface area contributed by atoms with Gasteiger partial charge in [-0.25, -0.2) is 0 Å². The summed E-state index contributed by atoms with van der Waals surface area (Å²) >= 11 is 3.63. The van der Waals surface area contributed by atoms with Gasteiger partial charge in [-0.1, -0.05) is 31.2 Å². The van der Waals surface area contributed by atoms with E-state index < -0.39 is 5.60 Å². The van der Waals surface area contributed by atoms with Gasteiger partial charge < -0.3 is 5.11 Å². The summed E-state index contributed by atoms with van der Waals surface area (Å²) in [5.74, 6) is 2.04. The van der Waals surface area contributed by atoms with E-state index in [-0.39, 0.29) is 5.41 Å². The van der Waals surface area contributed by atoms with Crippen LogP contribution in [0, 0.1) is 42.9 Å². The van der Waals surface area contributed by atoms with Crippen molar-refractivity contribution in [1.82, 2.24) is 4.98 Å². The highest BCUT2D eigenvalue weighted by Gasteiger charge is 2.61. The van der Waals surface area contributed by atoms with E-state index in [0.29, 0.717) is 18.3 Å². The molecule has 5 atom stereocenters. The molecule has 162 valence electrons. The summed E-state index contributed by atoms with van der Waals surface area (Å²) in [6.45, 7) is 2.37. The van der Waals surface area contributed by atoms with Crippen LogP contribution in [0.25, 0.3) is 0 Å². The molecular weight excluding hydrogens is 446 g/mol. The Morgan fingerprint density at radius 3 is 2.52 bits per heavy atom. The molecular formula is C28H32BrNO. The van der Waals surface area contributed by atoms with E-state index in [0.717, 1.165) is 35.3 Å².